The lowest BCUT2D eigenvalue weighted by molar-refractivity contribution is 0.0726. The SMILES string of the molecule is O=C(c1ccn[nH]1)N1CCC[C@@H]1c1cncc(Oc2ccc(Cl)cc2)n1. The van der Waals surface area contributed by atoms with Crippen molar-refractivity contribution >= 4 is 17.5 Å². The first-order chi connectivity index (χ1) is 12.7. The summed E-state index contributed by atoms with van der Waals surface area (Å²) in [4.78, 5) is 23.2. The van der Waals surface area contributed by atoms with Gasteiger partial charge in [-0.25, -0.2) is 4.98 Å². The molecular formula is C18H16ClN5O2. The van der Waals surface area contributed by atoms with Crippen molar-refractivity contribution in [1.82, 2.24) is 25.1 Å². The van der Waals surface area contributed by atoms with Crippen molar-refractivity contribution in [3.05, 3.63) is 65.3 Å². The van der Waals surface area contributed by atoms with Crippen LogP contribution in [0.2, 0.25) is 5.02 Å². The van der Waals surface area contributed by atoms with Crippen LogP contribution < -0.4 is 4.74 Å². The van der Waals surface area contributed by atoms with E-state index < -0.39 is 0 Å². The average Bonchev–Trinajstić information content (AvgIpc) is 3.35. The topological polar surface area (TPSA) is 84.0 Å². The molecule has 0 saturated carbocycles. The minimum Gasteiger partial charge on any atom is -0.437 e. The average molecular weight is 370 g/mol. The third-order valence-electron chi connectivity index (χ3n) is 4.25. The smallest absolute Gasteiger partial charge is 0.272 e. The van der Waals surface area contributed by atoms with Crippen LogP contribution in [0, 0.1) is 0 Å². The minimum atomic E-state index is -0.132. The van der Waals surface area contributed by atoms with Crippen LogP contribution in [0.25, 0.3) is 0 Å². The normalized spacial score (nSPS) is 16.7. The number of carbonyl (C=O) groups excluding carboxylic acids is 1. The summed E-state index contributed by atoms with van der Waals surface area (Å²) in [5, 5.41) is 7.21. The van der Waals surface area contributed by atoms with Gasteiger partial charge in [0.15, 0.2) is 0 Å². The molecule has 1 fully saturated rings. The van der Waals surface area contributed by atoms with Gasteiger partial charge in [-0.05, 0) is 43.2 Å². The Labute approximate surface area is 155 Å². The number of carbonyl (C=O) groups is 1. The van der Waals surface area contributed by atoms with E-state index in [1.165, 1.54) is 0 Å². The summed E-state index contributed by atoms with van der Waals surface area (Å²) in [6.45, 7) is 0.673. The molecule has 1 aromatic carbocycles. The van der Waals surface area contributed by atoms with Gasteiger partial charge in [0.25, 0.3) is 5.91 Å². The zero-order chi connectivity index (χ0) is 17.9. The van der Waals surface area contributed by atoms with Crippen LogP contribution in [0.5, 0.6) is 11.6 Å². The van der Waals surface area contributed by atoms with E-state index >= 15 is 0 Å². The van der Waals surface area contributed by atoms with Crippen LogP contribution in [0.1, 0.15) is 35.1 Å². The van der Waals surface area contributed by atoms with Crippen molar-refractivity contribution < 1.29 is 9.53 Å². The molecule has 1 saturated heterocycles. The molecule has 132 valence electrons. The fraction of sp³-hybridized carbons (Fsp3) is 0.222. The maximum absolute atomic E-state index is 12.7. The lowest BCUT2D eigenvalue weighted by atomic mass is 10.1. The highest BCUT2D eigenvalue weighted by molar-refractivity contribution is 6.30. The van der Waals surface area contributed by atoms with Gasteiger partial charge in [-0.1, -0.05) is 11.6 Å². The largest absolute Gasteiger partial charge is 0.437 e. The van der Waals surface area contributed by atoms with E-state index in [2.05, 4.69) is 20.2 Å². The first-order valence-corrected chi connectivity index (χ1v) is 8.64. The molecule has 1 atom stereocenters. The number of hydrogen-bond acceptors (Lipinski definition) is 5. The highest BCUT2D eigenvalue weighted by Crippen LogP contribution is 2.32. The van der Waals surface area contributed by atoms with Crippen molar-refractivity contribution in [3.63, 3.8) is 0 Å². The number of likely N-dealkylation sites (tertiary alicyclic amines) is 1. The molecule has 0 aliphatic carbocycles. The molecule has 26 heavy (non-hydrogen) atoms. The maximum atomic E-state index is 12.7. The van der Waals surface area contributed by atoms with Gasteiger partial charge in [-0.15, -0.1) is 0 Å². The van der Waals surface area contributed by atoms with Crippen LogP contribution in [0.3, 0.4) is 0 Å². The summed E-state index contributed by atoms with van der Waals surface area (Å²) in [7, 11) is 0. The van der Waals surface area contributed by atoms with Crippen molar-refractivity contribution in [1.29, 1.82) is 0 Å². The highest BCUT2D eigenvalue weighted by atomic mass is 35.5. The first-order valence-electron chi connectivity index (χ1n) is 8.26. The number of halogens is 1. The van der Waals surface area contributed by atoms with Gasteiger partial charge in [0, 0.05) is 17.8 Å². The standard InChI is InChI=1S/C18H16ClN5O2/c19-12-3-5-13(6-4-12)26-17-11-20-10-15(22-17)16-2-1-9-24(16)18(25)14-7-8-21-23-14/h3-8,10-11,16H,1-2,9H2,(H,21,23)/t16-/m1/s1. The highest BCUT2D eigenvalue weighted by Gasteiger charge is 2.32. The molecule has 1 N–H and O–H groups in total. The Morgan fingerprint density at radius 1 is 1.23 bits per heavy atom. The number of rotatable bonds is 4. The molecule has 1 aliphatic rings. The molecule has 3 heterocycles. The molecule has 8 heteroatoms. The van der Waals surface area contributed by atoms with Crippen LogP contribution in [0.4, 0.5) is 0 Å². The Kier molecular flexibility index (Phi) is 4.53. The summed E-state index contributed by atoms with van der Waals surface area (Å²) < 4.78 is 5.75. The lowest BCUT2D eigenvalue weighted by Gasteiger charge is -2.23. The Hall–Kier alpha value is -2.93. The third kappa shape index (κ3) is 3.39. The van der Waals surface area contributed by atoms with Crippen LogP contribution >= 0.6 is 11.6 Å². The lowest BCUT2D eigenvalue weighted by Crippen LogP contribution is -2.31. The predicted molar refractivity (Wildman–Crippen MR) is 95.2 cm³/mol. The van der Waals surface area contributed by atoms with Gasteiger partial charge < -0.3 is 9.64 Å². The number of hydrogen-bond donors (Lipinski definition) is 1. The molecular weight excluding hydrogens is 354 g/mol. The molecule has 1 aliphatic heterocycles. The Morgan fingerprint density at radius 3 is 2.85 bits per heavy atom. The number of nitrogens with one attached hydrogen (secondary N) is 1. The molecule has 7 nitrogen and oxygen atoms in total. The second kappa shape index (κ2) is 7.13. The molecule has 0 spiro atoms. The minimum absolute atomic E-state index is 0.0872. The quantitative estimate of drug-likeness (QED) is 0.759. The second-order valence-corrected chi connectivity index (χ2v) is 6.40. The Morgan fingerprint density at radius 2 is 2.08 bits per heavy atom. The fourth-order valence-electron chi connectivity index (χ4n) is 3.04. The number of benzene rings is 1. The van der Waals surface area contributed by atoms with E-state index in [0.29, 0.717) is 34.6 Å². The summed E-state index contributed by atoms with van der Waals surface area (Å²) in [5.74, 6) is 0.916. The molecule has 0 radical (unpaired) electrons. The number of nitrogens with zero attached hydrogens (tertiary/aromatic N) is 4. The Bertz CT molecular complexity index is 898. The van der Waals surface area contributed by atoms with Gasteiger partial charge in [0.2, 0.25) is 5.88 Å². The molecule has 3 aromatic rings. The van der Waals surface area contributed by atoms with Crippen molar-refractivity contribution in [3.8, 4) is 11.6 Å². The third-order valence-corrected chi connectivity index (χ3v) is 4.51. The number of aromatic nitrogens is 4. The van der Waals surface area contributed by atoms with E-state index in [4.69, 9.17) is 16.3 Å². The zero-order valence-corrected chi connectivity index (χ0v) is 14.6. The van der Waals surface area contributed by atoms with Crippen LogP contribution in [0.15, 0.2) is 48.9 Å². The first kappa shape index (κ1) is 16.5. The predicted octanol–water partition coefficient (Wildman–Crippen LogP) is 3.62. The summed E-state index contributed by atoms with van der Waals surface area (Å²) >= 11 is 5.89. The summed E-state index contributed by atoms with van der Waals surface area (Å²) in [6.07, 6.45) is 6.54. The zero-order valence-electron chi connectivity index (χ0n) is 13.8. The molecule has 1 amide bonds. The molecule has 2 aromatic heterocycles. The van der Waals surface area contributed by atoms with E-state index in [0.717, 1.165) is 12.8 Å². The van der Waals surface area contributed by atoms with E-state index in [-0.39, 0.29) is 11.9 Å². The van der Waals surface area contributed by atoms with Crippen molar-refractivity contribution in [2.24, 2.45) is 0 Å². The number of H-pyrrole nitrogens is 1. The maximum Gasteiger partial charge on any atom is 0.272 e. The Balaban J connectivity index is 1.55. The number of ether oxygens (including phenoxy) is 1. The van der Waals surface area contributed by atoms with E-state index in [1.807, 2.05) is 0 Å². The molecule has 0 unspecified atom stereocenters. The second-order valence-electron chi connectivity index (χ2n) is 5.97. The number of aromatic amines is 1. The van der Waals surface area contributed by atoms with Crippen molar-refractivity contribution in [2.45, 2.75) is 18.9 Å². The monoisotopic (exact) mass is 369 g/mol. The van der Waals surface area contributed by atoms with Crippen LogP contribution in [-0.2, 0) is 0 Å². The van der Waals surface area contributed by atoms with Crippen molar-refractivity contribution in [2.75, 3.05) is 6.54 Å². The summed E-state index contributed by atoms with van der Waals surface area (Å²) in [6, 6.07) is 8.56. The fourth-order valence-corrected chi connectivity index (χ4v) is 3.17. The summed E-state index contributed by atoms with van der Waals surface area (Å²) in [5.41, 5.74) is 1.18. The number of amides is 1. The molecule has 4 rings (SSSR count). The molecule has 0 bridgehead atoms. The van der Waals surface area contributed by atoms with Gasteiger partial charge in [0.1, 0.15) is 11.4 Å². The van der Waals surface area contributed by atoms with E-state index in [9.17, 15) is 4.79 Å². The van der Waals surface area contributed by atoms with Gasteiger partial charge in [0.05, 0.1) is 24.1 Å². The van der Waals surface area contributed by atoms with Crippen LogP contribution in [-0.4, -0.2) is 37.5 Å². The van der Waals surface area contributed by atoms with E-state index in [1.54, 1.807) is 53.8 Å². The van der Waals surface area contributed by atoms with Gasteiger partial charge in [-0.3, -0.25) is 14.9 Å². The van der Waals surface area contributed by atoms with Gasteiger partial charge in [-0.2, -0.15) is 5.10 Å². The van der Waals surface area contributed by atoms with Gasteiger partial charge >= 0.3 is 0 Å².